The smallest absolute Gasteiger partial charge is 0.648 e. The van der Waals surface area contributed by atoms with E-state index in [0.717, 1.165) is 16.7 Å². The van der Waals surface area contributed by atoms with Crippen molar-refractivity contribution in [3.8, 4) is 0 Å². The fourth-order valence-electron chi connectivity index (χ4n) is 2.19. The van der Waals surface area contributed by atoms with Gasteiger partial charge in [0.2, 0.25) is 0 Å². The van der Waals surface area contributed by atoms with Gasteiger partial charge in [0.1, 0.15) is 0 Å². The van der Waals surface area contributed by atoms with Crippen LogP contribution < -0.4 is 0 Å². The molecule has 1 atom stereocenters. The van der Waals surface area contributed by atoms with E-state index in [-0.39, 0.29) is 45.8 Å². The van der Waals surface area contributed by atoms with Crippen molar-refractivity contribution in [3.05, 3.63) is 45.4 Å². The van der Waals surface area contributed by atoms with Crippen LogP contribution in [0.25, 0.3) is 0 Å². The quantitative estimate of drug-likeness (QED) is 0.472. The van der Waals surface area contributed by atoms with Crippen LogP contribution in [0.4, 0.5) is 5.69 Å². The maximum absolute atomic E-state index is 11.2. The van der Waals surface area contributed by atoms with Crippen LogP contribution in [0.5, 0.6) is 0 Å². The third-order valence-corrected chi connectivity index (χ3v) is 3.52. The van der Waals surface area contributed by atoms with Crippen molar-refractivity contribution in [2.24, 2.45) is 0 Å². The Morgan fingerprint density at radius 2 is 1.55 bits per heavy atom. The Bertz CT molecular complexity index is 515. The van der Waals surface area contributed by atoms with Crippen LogP contribution in [0.3, 0.4) is 0 Å². The summed E-state index contributed by atoms with van der Waals surface area (Å²) < 4.78 is 4.74. The van der Waals surface area contributed by atoms with Gasteiger partial charge in [-0.3, -0.25) is 10.1 Å². The van der Waals surface area contributed by atoms with Gasteiger partial charge in [0.25, 0.3) is 5.69 Å². The van der Waals surface area contributed by atoms with Crippen molar-refractivity contribution < 1.29 is 47.2 Å². The molecule has 1 rings (SSSR count). The Kier molecular flexibility index (Phi) is 9.11. The number of hydrogen-bond donors (Lipinski definition) is 0. The Hall–Kier alpha value is -0.806. The van der Waals surface area contributed by atoms with Gasteiger partial charge in [-0.25, -0.2) is 0 Å². The fourth-order valence-corrected chi connectivity index (χ4v) is 2.19. The zero-order chi connectivity index (χ0) is 14.0. The van der Waals surface area contributed by atoms with Crippen molar-refractivity contribution in [1.82, 2.24) is 0 Å². The molecule has 20 heavy (non-hydrogen) atoms. The van der Waals surface area contributed by atoms with Gasteiger partial charge in [0.05, 0.1) is 16.6 Å². The summed E-state index contributed by atoms with van der Waals surface area (Å²) in [6.45, 7) is 10.2. The first-order valence-electron chi connectivity index (χ1n) is 5.60. The molecule has 0 radical (unpaired) electrons. The number of nitrogens with zero attached hydrogens (tertiary/aromatic N) is 1. The van der Waals surface area contributed by atoms with Crippen LogP contribution >= 0.6 is 0 Å². The van der Waals surface area contributed by atoms with Crippen molar-refractivity contribution in [2.75, 3.05) is 0 Å². The second-order valence-corrected chi connectivity index (χ2v) is 4.36. The van der Waals surface area contributed by atoms with E-state index in [1.54, 1.807) is 20.8 Å². The molecule has 0 amide bonds. The SMILES string of the molecule is Cc1c(C)c(C)c([N+](=O)[O-])c(C(C)O[C-]=O)c1C.[CH3-].[Y+3]. The van der Waals surface area contributed by atoms with Crippen molar-refractivity contribution in [2.45, 2.75) is 40.7 Å². The molecule has 0 N–H and O–H groups in total. The van der Waals surface area contributed by atoms with E-state index in [4.69, 9.17) is 4.74 Å². The number of hydrogen-bond acceptors (Lipinski definition) is 4. The standard InChI is InChI=1S/C13H16NO4.CH3.Y/c1-7-8(2)10(4)13(14(16)17)12(9(7)3)11(5)18-6-15;;/h11H,1-5H3;1H3;/q2*-1;+3. The molecule has 1 aromatic rings. The summed E-state index contributed by atoms with van der Waals surface area (Å²) in [7, 11) is 0. The number of nitro groups is 1. The first-order chi connectivity index (χ1) is 8.32. The monoisotopic (exact) mass is 354 g/mol. The first kappa shape index (κ1) is 21.5. The van der Waals surface area contributed by atoms with E-state index in [9.17, 15) is 14.9 Å². The van der Waals surface area contributed by atoms with E-state index in [1.165, 1.54) is 6.47 Å². The molecule has 0 bridgehead atoms. The summed E-state index contributed by atoms with van der Waals surface area (Å²) in [6.07, 6.45) is -0.680. The van der Waals surface area contributed by atoms with Gasteiger partial charge in [-0.2, -0.15) is 0 Å². The number of carbonyl (C=O) groups excluding carboxylic acids is 1. The number of rotatable bonds is 4. The molecular formula is C14H19NO4Y+. The van der Waals surface area contributed by atoms with Gasteiger partial charge in [0.15, 0.2) is 0 Å². The van der Waals surface area contributed by atoms with Crippen LogP contribution in [0.2, 0.25) is 0 Å². The van der Waals surface area contributed by atoms with Crippen molar-refractivity contribution >= 4 is 12.2 Å². The largest absolute Gasteiger partial charge is 3.00 e. The van der Waals surface area contributed by atoms with Gasteiger partial charge < -0.3 is 17.0 Å². The second-order valence-electron chi connectivity index (χ2n) is 4.36. The fraction of sp³-hybridized carbons (Fsp3) is 0.429. The second kappa shape index (κ2) is 8.47. The average molecular weight is 354 g/mol. The first-order valence-corrected chi connectivity index (χ1v) is 5.60. The molecule has 106 valence electrons. The molecule has 0 saturated heterocycles. The van der Waals surface area contributed by atoms with E-state index in [2.05, 4.69) is 0 Å². The van der Waals surface area contributed by atoms with E-state index < -0.39 is 11.0 Å². The minimum atomic E-state index is -0.680. The number of nitro benzene ring substituents is 1. The molecule has 0 spiro atoms. The summed E-state index contributed by atoms with van der Waals surface area (Å²) in [6, 6.07) is 0. The summed E-state index contributed by atoms with van der Waals surface area (Å²) in [4.78, 5) is 21.1. The van der Waals surface area contributed by atoms with Crippen LogP contribution in [0.1, 0.15) is 40.8 Å². The van der Waals surface area contributed by atoms with E-state index in [1.807, 2.05) is 13.8 Å². The molecule has 0 heterocycles. The van der Waals surface area contributed by atoms with Gasteiger partial charge >= 0.3 is 32.7 Å². The van der Waals surface area contributed by atoms with Crippen LogP contribution in [-0.4, -0.2) is 11.4 Å². The molecule has 0 aliphatic heterocycles. The van der Waals surface area contributed by atoms with Crippen molar-refractivity contribution in [1.29, 1.82) is 0 Å². The maximum Gasteiger partial charge on any atom is 3.00 e. The van der Waals surface area contributed by atoms with Crippen molar-refractivity contribution in [3.63, 3.8) is 0 Å². The minimum Gasteiger partial charge on any atom is -0.648 e. The van der Waals surface area contributed by atoms with Crippen LogP contribution in [-0.2, 0) is 42.2 Å². The summed E-state index contributed by atoms with van der Waals surface area (Å²) in [5.41, 5.74) is 3.74. The molecule has 0 aliphatic rings. The number of benzene rings is 1. The number of ether oxygens (including phenoxy) is 1. The Balaban J connectivity index is 0. The molecule has 0 fully saturated rings. The van der Waals surface area contributed by atoms with Gasteiger partial charge in [0, 0.05) is 5.56 Å². The average Bonchev–Trinajstić information content (AvgIpc) is 2.30. The van der Waals surface area contributed by atoms with E-state index in [0.29, 0.717) is 11.1 Å². The predicted octanol–water partition coefficient (Wildman–Crippen LogP) is 3.42. The molecular weight excluding hydrogens is 335 g/mol. The Labute approximate surface area is 145 Å². The van der Waals surface area contributed by atoms with Gasteiger partial charge in [-0.1, -0.05) is 6.47 Å². The Morgan fingerprint density at radius 1 is 1.10 bits per heavy atom. The zero-order valence-electron chi connectivity index (χ0n) is 12.7. The summed E-state index contributed by atoms with van der Waals surface area (Å²) >= 11 is 0. The Morgan fingerprint density at radius 3 is 1.95 bits per heavy atom. The van der Waals surface area contributed by atoms with Crippen LogP contribution in [0, 0.1) is 45.2 Å². The molecule has 0 saturated carbocycles. The van der Waals surface area contributed by atoms with Crippen LogP contribution in [0.15, 0.2) is 0 Å². The predicted molar refractivity (Wildman–Crippen MR) is 73.7 cm³/mol. The summed E-state index contributed by atoms with van der Waals surface area (Å²) in [5.74, 6) is 0. The molecule has 0 aliphatic carbocycles. The molecule has 0 aromatic heterocycles. The molecule has 6 heteroatoms. The maximum atomic E-state index is 11.2. The molecule has 1 unspecified atom stereocenters. The minimum absolute atomic E-state index is 0. The third kappa shape index (κ3) is 3.86. The zero-order valence-corrected chi connectivity index (χ0v) is 15.6. The molecule has 5 nitrogen and oxygen atoms in total. The third-order valence-electron chi connectivity index (χ3n) is 3.52. The van der Waals surface area contributed by atoms with Gasteiger partial charge in [-0.05, 0) is 51.3 Å². The van der Waals surface area contributed by atoms with Gasteiger partial charge in [-0.15, -0.1) is 0 Å². The normalized spacial score (nSPS) is 10.8. The summed E-state index contributed by atoms with van der Waals surface area (Å²) in [5, 5.41) is 11.2. The van der Waals surface area contributed by atoms with E-state index >= 15 is 0 Å². The topological polar surface area (TPSA) is 69.4 Å². The molecule has 1 aromatic carbocycles.